The Morgan fingerprint density at radius 3 is 2.32 bits per heavy atom. The molecule has 0 spiro atoms. The van der Waals surface area contributed by atoms with Crippen molar-refractivity contribution in [1.29, 1.82) is 0 Å². The summed E-state index contributed by atoms with van der Waals surface area (Å²) in [6.45, 7) is 2.18. The van der Waals surface area contributed by atoms with E-state index < -0.39 is 21.2 Å². The first-order chi connectivity index (χ1) is 10.4. The van der Waals surface area contributed by atoms with Crippen LogP contribution in [0.4, 0.5) is 0 Å². The molecule has 0 unspecified atom stereocenters. The van der Waals surface area contributed by atoms with Crippen LogP contribution in [0.5, 0.6) is 0 Å². The van der Waals surface area contributed by atoms with Crippen molar-refractivity contribution in [2.75, 3.05) is 33.2 Å². The number of hydrogen-bond acceptors (Lipinski definition) is 4. The third kappa shape index (κ3) is 4.28. The number of aliphatic carboxylic acids is 1. The number of carbonyl (C=O) groups is 1. The fourth-order valence-corrected chi connectivity index (χ4v) is 4.46. The number of sulfonamides is 1. The lowest BCUT2D eigenvalue weighted by Crippen LogP contribution is -2.50. The van der Waals surface area contributed by atoms with Crippen LogP contribution in [-0.2, 0) is 21.2 Å². The summed E-state index contributed by atoms with van der Waals surface area (Å²) in [6, 6.07) is 9.17. The van der Waals surface area contributed by atoms with Gasteiger partial charge in [-0.05, 0) is 19.0 Å². The van der Waals surface area contributed by atoms with Gasteiger partial charge in [0.1, 0.15) is 0 Å². The van der Waals surface area contributed by atoms with Crippen molar-refractivity contribution >= 4 is 16.0 Å². The summed E-state index contributed by atoms with van der Waals surface area (Å²) in [5, 5.41) is 8.15. The van der Waals surface area contributed by atoms with Gasteiger partial charge < -0.3 is 10.0 Å². The van der Waals surface area contributed by atoms with Gasteiger partial charge in [-0.15, -0.1) is 0 Å². The minimum Gasteiger partial charge on any atom is -0.481 e. The molecular weight excluding hydrogens is 304 g/mol. The first-order valence-electron chi connectivity index (χ1n) is 7.33. The van der Waals surface area contributed by atoms with E-state index in [1.165, 1.54) is 4.31 Å². The summed E-state index contributed by atoms with van der Waals surface area (Å²) in [6.07, 6.45) is -0.147. The molecule has 1 saturated heterocycles. The molecule has 2 rings (SSSR count). The van der Waals surface area contributed by atoms with Crippen LogP contribution in [0.15, 0.2) is 30.3 Å². The number of carboxylic acids is 1. The Kier molecular flexibility index (Phi) is 5.55. The van der Waals surface area contributed by atoms with Gasteiger partial charge in [0.25, 0.3) is 0 Å². The molecule has 1 fully saturated rings. The van der Waals surface area contributed by atoms with Crippen LogP contribution >= 0.6 is 0 Å². The third-order valence-electron chi connectivity index (χ3n) is 3.95. The number of nitrogens with zero attached hydrogens (tertiary/aromatic N) is 2. The van der Waals surface area contributed by atoms with E-state index in [0.29, 0.717) is 26.2 Å². The van der Waals surface area contributed by atoms with Crippen LogP contribution < -0.4 is 0 Å². The lowest BCUT2D eigenvalue weighted by molar-refractivity contribution is -0.137. The fraction of sp³-hybridized carbons (Fsp3) is 0.533. The molecule has 0 saturated carbocycles. The third-order valence-corrected chi connectivity index (χ3v) is 6.21. The first-order valence-corrected chi connectivity index (χ1v) is 8.83. The van der Waals surface area contributed by atoms with Crippen LogP contribution in [0.3, 0.4) is 0 Å². The zero-order valence-electron chi connectivity index (χ0n) is 12.7. The Morgan fingerprint density at radius 2 is 1.77 bits per heavy atom. The molecule has 22 heavy (non-hydrogen) atoms. The predicted molar refractivity (Wildman–Crippen MR) is 84.2 cm³/mol. The largest absolute Gasteiger partial charge is 0.481 e. The average molecular weight is 326 g/mol. The lowest BCUT2D eigenvalue weighted by atomic mass is 10.1. The summed E-state index contributed by atoms with van der Waals surface area (Å²) >= 11 is 0. The Labute approximate surface area is 131 Å². The Hall–Kier alpha value is -1.44. The Balaban J connectivity index is 2.18. The quantitative estimate of drug-likeness (QED) is 0.830. The van der Waals surface area contributed by atoms with Gasteiger partial charge in [-0.3, -0.25) is 4.79 Å². The second-order valence-corrected chi connectivity index (χ2v) is 7.87. The van der Waals surface area contributed by atoms with E-state index in [1.54, 1.807) is 0 Å². The smallest absolute Gasteiger partial charge is 0.304 e. The maximum atomic E-state index is 12.8. The Morgan fingerprint density at radius 1 is 1.18 bits per heavy atom. The molecule has 0 radical (unpaired) electrons. The van der Waals surface area contributed by atoms with E-state index in [2.05, 4.69) is 4.90 Å². The molecule has 1 heterocycles. The van der Waals surface area contributed by atoms with E-state index in [9.17, 15) is 13.2 Å². The summed E-state index contributed by atoms with van der Waals surface area (Å²) in [5.41, 5.74) is 0.839. The van der Waals surface area contributed by atoms with Crippen LogP contribution in [0.1, 0.15) is 12.0 Å². The molecule has 1 N–H and O–H groups in total. The van der Waals surface area contributed by atoms with Gasteiger partial charge in [0, 0.05) is 26.2 Å². The maximum Gasteiger partial charge on any atom is 0.304 e. The van der Waals surface area contributed by atoms with E-state index >= 15 is 0 Å². The Bertz CT molecular complexity index is 595. The van der Waals surface area contributed by atoms with Gasteiger partial charge in [0.15, 0.2) is 0 Å². The van der Waals surface area contributed by atoms with Crippen LogP contribution in [0.25, 0.3) is 0 Å². The number of hydrogen-bond donors (Lipinski definition) is 1. The van der Waals surface area contributed by atoms with Gasteiger partial charge in [0.05, 0.1) is 11.7 Å². The number of likely N-dealkylation sites (N-methyl/N-ethyl adjacent to an activating group) is 1. The molecule has 1 aromatic rings. The molecule has 1 atom stereocenters. The van der Waals surface area contributed by atoms with E-state index in [0.717, 1.165) is 5.56 Å². The first kappa shape index (κ1) is 16.9. The van der Waals surface area contributed by atoms with Crippen LogP contribution in [0, 0.1) is 0 Å². The van der Waals surface area contributed by atoms with E-state index in [4.69, 9.17) is 5.11 Å². The van der Waals surface area contributed by atoms with Gasteiger partial charge in [-0.1, -0.05) is 30.3 Å². The predicted octanol–water partition coefficient (Wildman–Crippen LogP) is 0.650. The lowest BCUT2D eigenvalue weighted by Gasteiger charge is -2.34. The molecular formula is C15H22N2O4S. The van der Waals surface area contributed by atoms with Crippen molar-refractivity contribution in [2.45, 2.75) is 18.1 Å². The second-order valence-electron chi connectivity index (χ2n) is 5.66. The zero-order valence-corrected chi connectivity index (χ0v) is 13.5. The molecule has 1 aliphatic rings. The topological polar surface area (TPSA) is 77.9 Å². The second kappa shape index (κ2) is 7.21. The SMILES string of the molecule is CN1CCN(S(=O)(=O)[C@H](CC(=O)O)Cc2ccccc2)CC1. The summed E-state index contributed by atoms with van der Waals surface area (Å²) in [4.78, 5) is 13.2. The zero-order chi connectivity index (χ0) is 16.2. The highest BCUT2D eigenvalue weighted by Crippen LogP contribution is 2.19. The van der Waals surface area contributed by atoms with E-state index in [1.807, 2.05) is 37.4 Å². The molecule has 0 aromatic heterocycles. The van der Waals surface area contributed by atoms with Gasteiger partial charge in [-0.25, -0.2) is 8.42 Å². The molecule has 0 bridgehead atoms. The molecule has 0 amide bonds. The van der Waals surface area contributed by atoms with Crippen molar-refractivity contribution in [3.05, 3.63) is 35.9 Å². The maximum absolute atomic E-state index is 12.8. The number of carboxylic acid groups (broad SMARTS) is 1. The normalized spacial score (nSPS) is 19.0. The molecule has 6 nitrogen and oxygen atoms in total. The van der Waals surface area contributed by atoms with Crippen molar-refractivity contribution in [3.8, 4) is 0 Å². The molecule has 7 heteroatoms. The van der Waals surface area contributed by atoms with E-state index in [-0.39, 0.29) is 12.8 Å². The highest BCUT2D eigenvalue weighted by molar-refractivity contribution is 7.89. The number of benzene rings is 1. The highest BCUT2D eigenvalue weighted by atomic mass is 32.2. The van der Waals surface area contributed by atoms with Crippen molar-refractivity contribution in [2.24, 2.45) is 0 Å². The fourth-order valence-electron chi connectivity index (χ4n) is 2.61. The average Bonchev–Trinajstić information content (AvgIpc) is 2.47. The molecule has 1 aromatic carbocycles. The minimum absolute atomic E-state index is 0.224. The van der Waals surface area contributed by atoms with Gasteiger partial charge in [0.2, 0.25) is 10.0 Å². The van der Waals surface area contributed by atoms with Crippen molar-refractivity contribution < 1.29 is 18.3 Å². The van der Waals surface area contributed by atoms with Gasteiger partial charge >= 0.3 is 5.97 Å². The standard InChI is InChI=1S/C15H22N2O4S/c1-16-7-9-17(10-8-16)22(20,21)14(12-15(18)19)11-13-5-3-2-4-6-13/h2-6,14H,7-12H2,1H3,(H,18,19)/t14-/m0/s1. The van der Waals surface area contributed by atoms with Crippen LogP contribution in [-0.4, -0.2) is 67.2 Å². The number of piperazine rings is 1. The van der Waals surface area contributed by atoms with Gasteiger partial charge in [-0.2, -0.15) is 4.31 Å². The molecule has 122 valence electrons. The monoisotopic (exact) mass is 326 g/mol. The van der Waals surface area contributed by atoms with Crippen molar-refractivity contribution in [1.82, 2.24) is 9.21 Å². The summed E-state index contributed by atoms with van der Waals surface area (Å²) < 4.78 is 27.0. The minimum atomic E-state index is -3.61. The molecule has 1 aliphatic heterocycles. The molecule has 0 aliphatic carbocycles. The van der Waals surface area contributed by atoms with Crippen LogP contribution in [0.2, 0.25) is 0 Å². The summed E-state index contributed by atoms with van der Waals surface area (Å²) in [5.74, 6) is -1.08. The summed E-state index contributed by atoms with van der Waals surface area (Å²) in [7, 11) is -1.67. The number of rotatable bonds is 6. The highest BCUT2D eigenvalue weighted by Gasteiger charge is 2.35. The van der Waals surface area contributed by atoms with Crippen molar-refractivity contribution in [3.63, 3.8) is 0 Å².